The number of benzene rings is 1. The van der Waals surface area contributed by atoms with Gasteiger partial charge in [-0.1, -0.05) is 0 Å². The van der Waals surface area contributed by atoms with E-state index in [2.05, 4.69) is 5.32 Å². The average Bonchev–Trinajstić information content (AvgIpc) is 2.97. The minimum Gasteiger partial charge on any atom is -0.447 e. The van der Waals surface area contributed by atoms with Crippen LogP contribution in [0.15, 0.2) is 23.1 Å². The van der Waals surface area contributed by atoms with Crippen LogP contribution in [0.5, 0.6) is 0 Å². The van der Waals surface area contributed by atoms with Crippen LogP contribution in [0, 0.1) is 17.2 Å². The summed E-state index contributed by atoms with van der Waals surface area (Å²) in [6, 6.07) is 3.94. The van der Waals surface area contributed by atoms with Crippen molar-refractivity contribution in [3.05, 3.63) is 29.6 Å². The number of hydrogen-bond acceptors (Lipinski definition) is 5. The molecule has 7 nitrogen and oxygen atoms in total. The van der Waals surface area contributed by atoms with Crippen LogP contribution >= 0.6 is 0 Å². The summed E-state index contributed by atoms with van der Waals surface area (Å²) in [5.41, 5.74) is 0.871. The van der Waals surface area contributed by atoms with Crippen molar-refractivity contribution in [1.29, 1.82) is 0 Å². The van der Waals surface area contributed by atoms with Gasteiger partial charge in [0.2, 0.25) is 5.91 Å². The normalized spacial score (nSPS) is 23.3. The third-order valence-electron chi connectivity index (χ3n) is 6.18. The van der Waals surface area contributed by atoms with E-state index >= 15 is 0 Å². The van der Waals surface area contributed by atoms with E-state index in [1.807, 2.05) is 4.90 Å². The Morgan fingerprint density at radius 2 is 2.03 bits per heavy atom. The number of carbonyl (C=O) groups is 2. The minimum atomic E-state index is -3.44. The van der Waals surface area contributed by atoms with E-state index in [1.165, 1.54) is 6.07 Å². The van der Waals surface area contributed by atoms with Crippen molar-refractivity contribution in [2.24, 2.45) is 11.3 Å². The van der Waals surface area contributed by atoms with Crippen molar-refractivity contribution in [2.45, 2.75) is 43.0 Å². The molecule has 29 heavy (non-hydrogen) atoms. The molecule has 1 aromatic carbocycles. The van der Waals surface area contributed by atoms with Crippen LogP contribution in [0.4, 0.5) is 9.18 Å². The Balaban J connectivity index is 1.23. The lowest BCUT2D eigenvalue weighted by Gasteiger charge is -2.59. The van der Waals surface area contributed by atoms with E-state index in [1.54, 1.807) is 6.07 Å². The summed E-state index contributed by atoms with van der Waals surface area (Å²) < 4.78 is 42.0. The van der Waals surface area contributed by atoms with Crippen LogP contribution < -0.4 is 5.32 Å². The molecule has 158 valence electrons. The third-order valence-corrected chi connectivity index (χ3v) is 7.27. The van der Waals surface area contributed by atoms with E-state index in [9.17, 15) is 22.4 Å². The number of cyclic esters (lactones) is 1. The molecule has 1 aliphatic carbocycles. The summed E-state index contributed by atoms with van der Waals surface area (Å²) in [7, 11) is -3.44. The average molecular weight is 424 g/mol. The lowest BCUT2D eigenvalue weighted by molar-refractivity contribution is -0.155. The highest BCUT2D eigenvalue weighted by atomic mass is 32.2. The predicted molar refractivity (Wildman–Crippen MR) is 102 cm³/mol. The Labute approximate surface area is 169 Å². The molecule has 0 radical (unpaired) electrons. The molecular weight excluding hydrogens is 399 g/mol. The van der Waals surface area contributed by atoms with E-state index < -0.39 is 21.7 Å². The topological polar surface area (TPSA) is 92.8 Å². The smallest absolute Gasteiger partial charge is 0.407 e. The van der Waals surface area contributed by atoms with Gasteiger partial charge >= 0.3 is 6.09 Å². The zero-order chi connectivity index (χ0) is 20.8. The number of hydrogen-bond donors (Lipinski definition) is 1. The highest BCUT2D eigenvalue weighted by Gasteiger charge is 2.53. The number of carbonyl (C=O) groups excluding carboxylic acids is 2. The van der Waals surface area contributed by atoms with Crippen molar-refractivity contribution in [2.75, 3.05) is 26.0 Å². The minimum absolute atomic E-state index is 0.0193. The van der Waals surface area contributed by atoms with Gasteiger partial charge in [0.1, 0.15) is 12.4 Å². The fourth-order valence-electron chi connectivity index (χ4n) is 4.83. The molecule has 3 aliphatic rings. The first-order chi connectivity index (χ1) is 13.6. The van der Waals surface area contributed by atoms with Gasteiger partial charge in [-0.25, -0.2) is 17.6 Å². The van der Waals surface area contributed by atoms with E-state index in [0.717, 1.165) is 38.3 Å². The molecule has 4 rings (SSSR count). The quantitative estimate of drug-likeness (QED) is 0.753. The molecular formula is C20H25FN2O5S. The van der Waals surface area contributed by atoms with Crippen LogP contribution in [-0.4, -0.2) is 57.3 Å². The van der Waals surface area contributed by atoms with Crippen molar-refractivity contribution in [3.63, 3.8) is 0 Å². The highest BCUT2D eigenvalue weighted by Crippen LogP contribution is 2.53. The van der Waals surface area contributed by atoms with E-state index in [-0.39, 0.29) is 22.3 Å². The zero-order valence-electron chi connectivity index (χ0n) is 16.3. The van der Waals surface area contributed by atoms with Crippen molar-refractivity contribution >= 4 is 21.8 Å². The van der Waals surface area contributed by atoms with Gasteiger partial charge in [0.15, 0.2) is 9.84 Å². The number of ether oxygens (including phenoxy) is 1. The first-order valence-electron chi connectivity index (χ1n) is 9.83. The van der Waals surface area contributed by atoms with Crippen LogP contribution in [0.25, 0.3) is 0 Å². The molecule has 1 aromatic rings. The van der Waals surface area contributed by atoms with E-state index in [4.69, 9.17) is 4.74 Å². The molecule has 1 saturated carbocycles. The number of sulfone groups is 1. The monoisotopic (exact) mass is 424 g/mol. The Morgan fingerprint density at radius 1 is 1.31 bits per heavy atom. The van der Waals surface area contributed by atoms with Crippen molar-refractivity contribution in [1.82, 2.24) is 10.2 Å². The molecule has 9 heteroatoms. The van der Waals surface area contributed by atoms with Crippen molar-refractivity contribution in [3.8, 4) is 0 Å². The summed E-state index contributed by atoms with van der Waals surface area (Å²) in [4.78, 5) is 25.2. The molecule has 2 heterocycles. The van der Waals surface area contributed by atoms with Gasteiger partial charge in [0, 0.05) is 31.2 Å². The Bertz CT molecular complexity index is 934. The van der Waals surface area contributed by atoms with Gasteiger partial charge in [0.05, 0.1) is 10.9 Å². The molecule has 2 saturated heterocycles. The fraction of sp³-hybridized carbons (Fsp3) is 0.600. The number of alkyl carbamates (subject to hydrolysis) is 1. The second-order valence-corrected chi connectivity index (χ2v) is 10.8. The predicted octanol–water partition coefficient (Wildman–Crippen LogP) is 1.90. The van der Waals surface area contributed by atoms with Gasteiger partial charge in [-0.2, -0.15) is 0 Å². The van der Waals surface area contributed by atoms with Crippen molar-refractivity contribution < 1.29 is 27.1 Å². The Morgan fingerprint density at radius 3 is 2.66 bits per heavy atom. The molecule has 3 fully saturated rings. The number of nitrogens with one attached hydrogen (secondary N) is 1. The Hall–Kier alpha value is -2.16. The number of nitrogens with zero attached hydrogens (tertiary/aromatic N) is 1. The molecule has 1 spiro atoms. The second-order valence-electron chi connectivity index (χ2n) is 8.77. The van der Waals surface area contributed by atoms with Gasteiger partial charge in [-0.05, 0) is 55.4 Å². The summed E-state index contributed by atoms with van der Waals surface area (Å²) in [6.07, 6.45) is 4.22. The molecule has 0 unspecified atom stereocenters. The molecule has 1 atom stereocenters. The number of rotatable bonds is 6. The lowest BCUT2D eigenvalue weighted by Crippen LogP contribution is -2.64. The molecule has 2 amide bonds. The molecule has 0 bridgehead atoms. The van der Waals surface area contributed by atoms with Gasteiger partial charge in [0.25, 0.3) is 0 Å². The number of likely N-dealkylation sites (tertiary alicyclic amines) is 1. The second kappa shape index (κ2) is 7.27. The summed E-state index contributed by atoms with van der Waals surface area (Å²) in [5.74, 6) is -0.0447. The zero-order valence-corrected chi connectivity index (χ0v) is 17.1. The maximum atomic E-state index is 13.8. The standard InChI is InChI=1S/C20H25FN2O5S/c1-29(26,27)17-6-13(5-15(21)7-17)4-14-8-20(9-14)11-23(12-20)18(24)3-2-16-10-28-19(25)22-16/h5-7,14,16H,2-4,8-12H2,1H3,(H,22,25)/t16-/m1/s1. The fourth-order valence-corrected chi connectivity index (χ4v) is 5.52. The van der Waals surface area contributed by atoms with Crippen LogP contribution in [0.3, 0.4) is 0 Å². The highest BCUT2D eigenvalue weighted by molar-refractivity contribution is 7.90. The van der Waals surface area contributed by atoms with Gasteiger partial charge in [-0.3, -0.25) is 4.79 Å². The molecule has 2 aliphatic heterocycles. The van der Waals surface area contributed by atoms with E-state index in [0.29, 0.717) is 37.4 Å². The lowest BCUT2D eigenvalue weighted by atomic mass is 9.56. The Kier molecular flexibility index (Phi) is 5.04. The summed E-state index contributed by atoms with van der Waals surface area (Å²) in [6.45, 7) is 1.81. The molecule has 1 N–H and O–H groups in total. The number of amides is 2. The van der Waals surface area contributed by atoms with Crippen LogP contribution in [-0.2, 0) is 25.8 Å². The van der Waals surface area contributed by atoms with Crippen LogP contribution in [0.1, 0.15) is 31.2 Å². The maximum absolute atomic E-state index is 13.8. The summed E-state index contributed by atoms with van der Waals surface area (Å²) in [5, 5.41) is 2.67. The summed E-state index contributed by atoms with van der Waals surface area (Å²) >= 11 is 0. The SMILES string of the molecule is CS(=O)(=O)c1cc(F)cc(CC2CC3(C2)CN(C(=O)CC[C@@H]2COC(=O)N2)C3)c1. The molecule has 0 aromatic heterocycles. The van der Waals surface area contributed by atoms with Crippen LogP contribution in [0.2, 0.25) is 0 Å². The third kappa shape index (κ3) is 4.39. The first-order valence-corrected chi connectivity index (χ1v) is 11.7. The van der Waals surface area contributed by atoms with Gasteiger partial charge < -0.3 is 15.0 Å². The first kappa shape index (κ1) is 20.1. The van der Waals surface area contributed by atoms with Gasteiger partial charge in [-0.15, -0.1) is 0 Å². The number of halogens is 1. The largest absolute Gasteiger partial charge is 0.447 e. The maximum Gasteiger partial charge on any atom is 0.407 e.